The van der Waals surface area contributed by atoms with Gasteiger partial charge in [0.25, 0.3) is 0 Å². The summed E-state index contributed by atoms with van der Waals surface area (Å²) in [6.45, 7) is 2.09. The number of aryl methyl sites for hydroxylation is 1. The highest BCUT2D eigenvalue weighted by molar-refractivity contribution is 5.80. The molecule has 0 saturated heterocycles. The second kappa shape index (κ2) is 3.32. The average molecular weight is 178 g/mol. The van der Waals surface area contributed by atoms with Crippen molar-refractivity contribution < 1.29 is 4.79 Å². The van der Waals surface area contributed by atoms with Gasteiger partial charge in [-0.05, 0) is 6.42 Å². The van der Waals surface area contributed by atoms with Gasteiger partial charge in [-0.2, -0.15) is 0 Å². The highest BCUT2D eigenvalue weighted by atomic mass is 16.1. The molecule has 1 atom stereocenters. The summed E-state index contributed by atoms with van der Waals surface area (Å²) in [6.07, 6.45) is 7.18. The molecule has 1 aliphatic rings. The first kappa shape index (κ1) is 8.48. The first-order valence-corrected chi connectivity index (χ1v) is 4.84. The Bertz CT molecular complexity index is 316. The van der Waals surface area contributed by atoms with E-state index in [1.54, 1.807) is 0 Å². The lowest BCUT2D eigenvalue weighted by Crippen LogP contribution is -2.08. The molecule has 70 valence electrons. The number of ketones is 1. The average Bonchev–Trinajstić information content (AvgIpc) is 2.71. The number of aromatic nitrogens is 2. The van der Waals surface area contributed by atoms with Gasteiger partial charge >= 0.3 is 0 Å². The first-order valence-electron chi connectivity index (χ1n) is 4.84. The van der Waals surface area contributed by atoms with E-state index in [0.29, 0.717) is 18.2 Å². The molecule has 3 nitrogen and oxygen atoms in total. The van der Waals surface area contributed by atoms with Crippen LogP contribution in [0.1, 0.15) is 38.1 Å². The molecular weight excluding hydrogens is 164 g/mol. The van der Waals surface area contributed by atoms with Crippen LogP contribution in [0, 0.1) is 0 Å². The van der Waals surface area contributed by atoms with Crippen LogP contribution < -0.4 is 0 Å². The molecule has 1 aromatic rings. The lowest BCUT2D eigenvalue weighted by molar-refractivity contribution is -0.117. The molecule has 0 radical (unpaired) electrons. The Balaban J connectivity index is 2.20. The monoisotopic (exact) mass is 178 g/mol. The minimum absolute atomic E-state index is 0.380. The van der Waals surface area contributed by atoms with Gasteiger partial charge in [0.2, 0.25) is 0 Å². The zero-order valence-electron chi connectivity index (χ0n) is 7.86. The predicted molar refractivity (Wildman–Crippen MR) is 49.5 cm³/mol. The molecule has 13 heavy (non-hydrogen) atoms. The zero-order chi connectivity index (χ0) is 9.26. The predicted octanol–water partition coefficient (Wildman–Crippen LogP) is 1.74. The Morgan fingerprint density at radius 1 is 1.69 bits per heavy atom. The molecule has 3 heteroatoms. The number of Topliss-reactive ketones (excluding diaryl/α,β-unsaturated/α-hetero) is 1. The van der Waals surface area contributed by atoms with Crippen molar-refractivity contribution in [1.29, 1.82) is 0 Å². The molecule has 1 fully saturated rings. The number of hydrogen-bond acceptors (Lipinski definition) is 2. The van der Waals surface area contributed by atoms with Crippen molar-refractivity contribution in [2.24, 2.45) is 0 Å². The Hall–Kier alpha value is -1.12. The van der Waals surface area contributed by atoms with Crippen molar-refractivity contribution in [3.8, 4) is 0 Å². The molecule has 0 bridgehead atoms. The topological polar surface area (TPSA) is 34.9 Å². The maximum absolute atomic E-state index is 11.1. The van der Waals surface area contributed by atoms with Crippen LogP contribution in [-0.2, 0) is 11.2 Å². The lowest BCUT2D eigenvalue weighted by Gasteiger charge is -2.12. The molecule has 0 N–H and O–H groups in total. The maximum Gasteiger partial charge on any atom is 0.135 e. The molecule has 2 rings (SSSR count). The first-order chi connectivity index (χ1) is 6.31. The van der Waals surface area contributed by atoms with Crippen molar-refractivity contribution in [2.75, 3.05) is 0 Å². The summed E-state index contributed by atoms with van der Waals surface area (Å²) in [4.78, 5) is 15.4. The molecule has 1 unspecified atom stereocenters. The summed E-state index contributed by atoms with van der Waals surface area (Å²) < 4.78 is 2.16. The fourth-order valence-electron chi connectivity index (χ4n) is 1.98. The number of imidazole rings is 1. The van der Waals surface area contributed by atoms with Gasteiger partial charge in [0, 0.05) is 37.7 Å². The molecule has 1 heterocycles. The van der Waals surface area contributed by atoms with E-state index in [0.717, 1.165) is 25.1 Å². The van der Waals surface area contributed by atoms with Crippen LogP contribution in [0.4, 0.5) is 0 Å². The summed E-state index contributed by atoms with van der Waals surface area (Å²) in [5, 5.41) is 0. The highest BCUT2D eigenvalue weighted by Crippen LogP contribution is 2.27. The molecule has 1 aliphatic carbocycles. The zero-order valence-corrected chi connectivity index (χ0v) is 7.86. The molecule has 1 aromatic heterocycles. The van der Waals surface area contributed by atoms with Gasteiger partial charge in [-0.15, -0.1) is 0 Å². The fourth-order valence-corrected chi connectivity index (χ4v) is 1.98. The van der Waals surface area contributed by atoms with Crippen LogP contribution in [0.25, 0.3) is 0 Å². The quantitative estimate of drug-likeness (QED) is 0.691. The van der Waals surface area contributed by atoms with Crippen LogP contribution in [0.2, 0.25) is 0 Å². The van der Waals surface area contributed by atoms with Crippen LogP contribution in [0.5, 0.6) is 0 Å². The summed E-state index contributed by atoms with van der Waals surface area (Å²) in [7, 11) is 0. The van der Waals surface area contributed by atoms with Gasteiger partial charge < -0.3 is 4.57 Å². The standard InChI is InChI=1S/C10H14N2O/c1-2-10-11-5-6-12(10)8-3-4-9(13)7-8/h5-6,8H,2-4,7H2,1H3. The third-order valence-electron chi connectivity index (χ3n) is 2.68. The number of carbonyl (C=O) groups is 1. The number of nitrogens with zero attached hydrogens (tertiary/aromatic N) is 2. The molecule has 0 spiro atoms. The molecule has 0 aromatic carbocycles. The van der Waals surface area contributed by atoms with Gasteiger partial charge in [0.15, 0.2) is 0 Å². The second-order valence-electron chi connectivity index (χ2n) is 3.54. The normalized spacial score (nSPS) is 22.5. The van der Waals surface area contributed by atoms with Gasteiger partial charge in [-0.1, -0.05) is 6.92 Å². The minimum Gasteiger partial charge on any atom is -0.331 e. The van der Waals surface area contributed by atoms with E-state index in [1.165, 1.54) is 0 Å². The Kier molecular flexibility index (Phi) is 2.17. The third kappa shape index (κ3) is 1.50. The van der Waals surface area contributed by atoms with Crippen LogP contribution >= 0.6 is 0 Å². The van der Waals surface area contributed by atoms with Crippen molar-refractivity contribution in [3.63, 3.8) is 0 Å². The van der Waals surface area contributed by atoms with E-state index >= 15 is 0 Å². The van der Waals surface area contributed by atoms with Crippen molar-refractivity contribution in [1.82, 2.24) is 9.55 Å². The van der Waals surface area contributed by atoms with E-state index in [9.17, 15) is 4.79 Å². The highest BCUT2D eigenvalue weighted by Gasteiger charge is 2.24. The van der Waals surface area contributed by atoms with Gasteiger partial charge in [0.05, 0.1) is 0 Å². The second-order valence-corrected chi connectivity index (χ2v) is 3.54. The van der Waals surface area contributed by atoms with E-state index < -0.39 is 0 Å². The summed E-state index contributed by atoms with van der Waals surface area (Å²) in [5.74, 6) is 1.49. The number of rotatable bonds is 2. The summed E-state index contributed by atoms with van der Waals surface area (Å²) in [6, 6.07) is 0.380. The Labute approximate surface area is 77.8 Å². The number of hydrogen-bond donors (Lipinski definition) is 0. The van der Waals surface area contributed by atoms with Crippen LogP contribution in [0.15, 0.2) is 12.4 Å². The number of carbonyl (C=O) groups excluding carboxylic acids is 1. The van der Waals surface area contributed by atoms with Gasteiger partial charge in [-0.25, -0.2) is 4.98 Å². The van der Waals surface area contributed by atoms with E-state index in [2.05, 4.69) is 16.5 Å². The molecular formula is C10H14N2O. The van der Waals surface area contributed by atoms with Crippen molar-refractivity contribution in [3.05, 3.63) is 18.2 Å². The van der Waals surface area contributed by atoms with Crippen molar-refractivity contribution >= 4 is 5.78 Å². The Morgan fingerprint density at radius 2 is 2.54 bits per heavy atom. The van der Waals surface area contributed by atoms with Gasteiger partial charge in [0.1, 0.15) is 11.6 Å². The van der Waals surface area contributed by atoms with E-state index in [-0.39, 0.29) is 0 Å². The van der Waals surface area contributed by atoms with Gasteiger partial charge in [-0.3, -0.25) is 4.79 Å². The summed E-state index contributed by atoms with van der Waals surface area (Å²) in [5.41, 5.74) is 0. The molecule has 0 amide bonds. The lowest BCUT2D eigenvalue weighted by atomic mass is 10.2. The largest absolute Gasteiger partial charge is 0.331 e. The summed E-state index contributed by atoms with van der Waals surface area (Å²) >= 11 is 0. The molecule has 0 aliphatic heterocycles. The molecule has 1 saturated carbocycles. The van der Waals surface area contributed by atoms with E-state index in [1.807, 2.05) is 12.4 Å². The maximum atomic E-state index is 11.1. The minimum atomic E-state index is 0.380. The van der Waals surface area contributed by atoms with E-state index in [4.69, 9.17) is 0 Å². The fraction of sp³-hybridized carbons (Fsp3) is 0.600. The van der Waals surface area contributed by atoms with Crippen LogP contribution in [-0.4, -0.2) is 15.3 Å². The Morgan fingerprint density at radius 3 is 3.15 bits per heavy atom. The SMILES string of the molecule is CCc1nccn1C1CCC(=O)C1. The smallest absolute Gasteiger partial charge is 0.135 e. The van der Waals surface area contributed by atoms with Crippen LogP contribution in [0.3, 0.4) is 0 Å². The van der Waals surface area contributed by atoms with Crippen molar-refractivity contribution in [2.45, 2.75) is 38.6 Å². The third-order valence-corrected chi connectivity index (χ3v) is 2.68.